The number of rotatable bonds is 7. The second-order valence-corrected chi connectivity index (χ2v) is 8.54. The predicted molar refractivity (Wildman–Crippen MR) is 132 cm³/mol. The Balaban J connectivity index is 1.46. The highest BCUT2D eigenvalue weighted by Gasteiger charge is 2.29. The minimum Gasteiger partial charge on any atom is -0.497 e. The molecule has 1 aromatic heterocycles. The molecule has 178 valence electrons. The number of benzene rings is 2. The van der Waals surface area contributed by atoms with Gasteiger partial charge < -0.3 is 20.3 Å². The summed E-state index contributed by atoms with van der Waals surface area (Å²) in [4.78, 5) is 26.9. The Kier molecular flexibility index (Phi) is 7.15. The lowest BCUT2D eigenvalue weighted by Gasteiger charge is -2.33. The zero-order chi connectivity index (χ0) is 24.1. The number of amides is 2. The standard InChI is InChI=1S/C26H31N5O3/c1-18-24(28-19(2)32)26(31(29-18)22-9-5-4-6-10-22)30-14-12-21(13-15-30)25(33)27-17-20-8-7-11-23(16-20)34-3/h4-11,16,21H,12-15,17H2,1-3H3,(H,27,33)(H,28,32). The molecule has 8 heteroatoms. The maximum Gasteiger partial charge on any atom is 0.223 e. The topological polar surface area (TPSA) is 88.5 Å². The van der Waals surface area contributed by atoms with Crippen LogP contribution in [0.1, 0.15) is 31.0 Å². The van der Waals surface area contributed by atoms with Crippen LogP contribution in [0.2, 0.25) is 0 Å². The number of ether oxygens (including phenoxy) is 1. The SMILES string of the molecule is COc1cccc(CNC(=O)C2CCN(c3c(NC(C)=O)c(C)nn3-c3ccccc3)CC2)c1. The first-order chi connectivity index (χ1) is 16.5. The van der Waals surface area contributed by atoms with Crippen molar-refractivity contribution in [1.29, 1.82) is 0 Å². The molecule has 1 aliphatic rings. The van der Waals surface area contributed by atoms with Crippen LogP contribution in [0.5, 0.6) is 5.75 Å². The van der Waals surface area contributed by atoms with Gasteiger partial charge in [0.25, 0.3) is 0 Å². The van der Waals surface area contributed by atoms with Crippen LogP contribution in [0.3, 0.4) is 0 Å². The molecule has 1 fully saturated rings. The summed E-state index contributed by atoms with van der Waals surface area (Å²) >= 11 is 0. The quantitative estimate of drug-likeness (QED) is 0.560. The maximum atomic E-state index is 12.8. The molecule has 0 atom stereocenters. The Morgan fingerprint density at radius 2 is 1.82 bits per heavy atom. The van der Waals surface area contributed by atoms with Crippen LogP contribution in [0, 0.1) is 12.8 Å². The highest BCUT2D eigenvalue weighted by molar-refractivity contribution is 5.93. The number of para-hydroxylation sites is 1. The number of aryl methyl sites for hydroxylation is 1. The van der Waals surface area contributed by atoms with Crippen LogP contribution in [-0.4, -0.2) is 41.8 Å². The van der Waals surface area contributed by atoms with Gasteiger partial charge in [0.1, 0.15) is 11.4 Å². The summed E-state index contributed by atoms with van der Waals surface area (Å²) in [7, 11) is 1.63. The molecule has 0 radical (unpaired) electrons. The molecule has 8 nitrogen and oxygen atoms in total. The van der Waals surface area contributed by atoms with E-state index in [1.165, 1.54) is 6.92 Å². The van der Waals surface area contributed by atoms with Gasteiger partial charge in [-0.1, -0.05) is 30.3 Å². The minimum absolute atomic E-state index is 0.0553. The lowest BCUT2D eigenvalue weighted by molar-refractivity contribution is -0.125. The van der Waals surface area contributed by atoms with E-state index in [0.29, 0.717) is 19.6 Å². The van der Waals surface area contributed by atoms with Crippen LogP contribution in [0.4, 0.5) is 11.5 Å². The largest absolute Gasteiger partial charge is 0.497 e. The third-order valence-electron chi connectivity index (χ3n) is 6.10. The third kappa shape index (κ3) is 5.22. The molecule has 4 rings (SSSR count). The predicted octanol–water partition coefficient (Wildman–Crippen LogP) is 3.68. The monoisotopic (exact) mass is 461 g/mol. The second kappa shape index (κ2) is 10.4. The molecule has 1 aliphatic heterocycles. The fraction of sp³-hybridized carbons (Fsp3) is 0.346. The van der Waals surface area contributed by atoms with Crippen molar-refractivity contribution < 1.29 is 14.3 Å². The fourth-order valence-electron chi connectivity index (χ4n) is 4.35. The van der Waals surface area contributed by atoms with Crippen molar-refractivity contribution >= 4 is 23.3 Å². The first-order valence-electron chi connectivity index (χ1n) is 11.5. The van der Waals surface area contributed by atoms with Crippen LogP contribution in [-0.2, 0) is 16.1 Å². The summed E-state index contributed by atoms with van der Waals surface area (Å²) in [5.74, 6) is 1.51. The molecule has 1 saturated heterocycles. The smallest absolute Gasteiger partial charge is 0.223 e. The normalized spacial score (nSPS) is 14.0. The summed E-state index contributed by atoms with van der Waals surface area (Å²) < 4.78 is 7.14. The van der Waals surface area contributed by atoms with Crippen molar-refractivity contribution in [3.8, 4) is 11.4 Å². The fourth-order valence-corrected chi connectivity index (χ4v) is 4.35. The van der Waals surface area contributed by atoms with E-state index in [2.05, 4.69) is 15.5 Å². The lowest BCUT2D eigenvalue weighted by Crippen LogP contribution is -2.41. The number of hydrogen-bond acceptors (Lipinski definition) is 5. The van der Waals surface area contributed by atoms with Crippen LogP contribution in [0.25, 0.3) is 5.69 Å². The number of hydrogen-bond donors (Lipinski definition) is 2. The molecule has 0 aliphatic carbocycles. The van der Waals surface area contributed by atoms with E-state index in [1.54, 1.807) is 7.11 Å². The molecule has 2 N–H and O–H groups in total. The number of methoxy groups -OCH3 is 1. The Bertz CT molecular complexity index is 1150. The number of aromatic nitrogens is 2. The molecule has 3 aromatic rings. The molecule has 34 heavy (non-hydrogen) atoms. The highest BCUT2D eigenvalue weighted by atomic mass is 16.5. The number of piperidine rings is 1. The van der Waals surface area contributed by atoms with Crippen molar-refractivity contribution in [3.05, 3.63) is 65.9 Å². The number of nitrogens with one attached hydrogen (secondary N) is 2. The number of anilines is 2. The number of nitrogens with zero attached hydrogens (tertiary/aromatic N) is 3. The molecular weight excluding hydrogens is 430 g/mol. The number of carbonyl (C=O) groups is 2. The second-order valence-electron chi connectivity index (χ2n) is 8.54. The molecule has 0 bridgehead atoms. The van der Waals surface area contributed by atoms with E-state index in [1.807, 2.05) is 66.2 Å². The van der Waals surface area contributed by atoms with Crippen molar-refractivity contribution in [2.75, 3.05) is 30.4 Å². The summed E-state index contributed by atoms with van der Waals surface area (Å²) in [6, 6.07) is 17.6. The van der Waals surface area contributed by atoms with E-state index < -0.39 is 0 Å². The molecule has 0 unspecified atom stereocenters. The Labute approximate surface area is 199 Å². The van der Waals surface area contributed by atoms with Crippen molar-refractivity contribution in [2.24, 2.45) is 5.92 Å². The molecule has 0 saturated carbocycles. The van der Waals surface area contributed by atoms with Crippen LogP contribution in [0.15, 0.2) is 54.6 Å². The Hall–Kier alpha value is -3.81. The Morgan fingerprint density at radius 3 is 2.50 bits per heavy atom. The zero-order valence-corrected chi connectivity index (χ0v) is 19.9. The van der Waals surface area contributed by atoms with Crippen LogP contribution >= 0.6 is 0 Å². The van der Waals surface area contributed by atoms with Gasteiger partial charge in [-0.25, -0.2) is 4.68 Å². The first kappa shape index (κ1) is 23.4. The van der Waals surface area contributed by atoms with E-state index in [-0.39, 0.29) is 17.7 Å². The van der Waals surface area contributed by atoms with Gasteiger partial charge in [0.15, 0.2) is 5.82 Å². The number of carbonyl (C=O) groups excluding carboxylic acids is 2. The average molecular weight is 462 g/mol. The van der Waals surface area contributed by atoms with Crippen LogP contribution < -0.4 is 20.3 Å². The summed E-state index contributed by atoms with van der Waals surface area (Å²) in [5.41, 5.74) is 3.41. The molecule has 0 spiro atoms. The molecular formula is C26H31N5O3. The summed E-state index contributed by atoms with van der Waals surface area (Å²) in [6.07, 6.45) is 1.45. The molecule has 2 aromatic carbocycles. The van der Waals surface area contributed by atoms with Gasteiger partial charge in [-0.2, -0.15) is 5.10 Å². The van der Waals surface area contributed by atoms with E-state index >= 15 is 0 Å². The van der Waals surface area contributed by atoms with E-state index in [0.717, 1.165) is 47.0 Å². The van der Waals surface area contributed by atoms with Gasteiger partial charge in [-0.05, 0) is 49.6 Å². The van der Waals surface area contributed by atoms with Crippen molar-refractivity contribution in [1.82, 2.24) is 15.1 Å². The minimum atomic E-state index is -0.135. The third-order valence-corrected chi connectivity index (χ3v) is 6.10. The lowest BCUT2D eigenvalue weighted by atomic mass is 9.95. The average Bonchev–Trinajstić information content (AvgIpc) is 3.18. The summed E-state index contributed by atoms with van der Waals surface area (Å²) in [6.45, 7) is 5.27. The first-order valence-corrected chi connectivity index (χ1v) is 11.5. The maximum absolute atomic E-state index is 12.8. The van der Waals surface area contributed by atoms with E-state index in [9.17, 15) is 9.59 Å². The van der Waals surface area contributed by atoms with Gasteiger partial charge in [-0.3, -0.25) is 9.59 Å². The van der Waals surface area contributed by atoms with E-state index in [4.69, 9.17) is 9.84 Å². The zero-order valence-electron chi connectivity index (χ0n) is 19.9. The van der Waals surface area contributed by atoms with Gasteiger partial charge >= 0.3 is 0 Å². The van der Waals surface area contributed by atoms with Gasteiger partial charge in [0, 0.05) is 32.5 Å². The van der Waals surface area contributed by atoms with Crippen molar-refractivity contribution in [2.45, 2.75) is 33.2 Å². The van der Waals surface area contributed by atoms with Gasteiger partial charge in [-0.15, -0.1) is 0 Å². The molecule has 2 heterocycles. The van der Waals surface area contributed by atoms with Crippen molar-refractivity contribution in [3.63, 3.8) is 0 Å². The molecule has 2 amide bonds. The van der Waals surface area contributed by atoms with Gasteiger partial charge in [0.2, 0.25) is 11.8 Å². The highest BCUT2D eigenvalue weighted by Crippen LogP contribution is 2.34. The summed E-state index contributed by atoms with van der Waals surface area (Å²) in [5, 5.41) is 10.7. The Morgan fingerprint density at radius 1 is 1.09 bits per heavy atom. The van der Waals surface area contributed by atoms with Gasteiger partial charge in [0.05, 0.1) is 18.5 Å².